The molecule has 0 bridgehead atoms. The fourth-order valence-corrected chi connectivity index (χ4v) is 2.52. The standard InChI is InChI=1S/C16H24BrNO/c1-4-9-18-10-5-6-13(2)11-14-7-8-16(19-3)15(17)12-14/h6-8,12,18H,4-5,9-11H2,1-3H3. The van der Waals surface area contributed by atoms with Crippen LogP contribution in [0.15, 0.2) is 34.3 Å². The minimum Gasteiger partial charge on any atom is -0.496 e. The van der Waals surface area contributed by atoms with E-state index in [0.717, 1.165) is 36.2 Å². The van der Waals surface area contributed by atoms with E-state index in [-0.39, 0.29) is 0 Å². The maximum absolute atomic E-state index is 5.24. The van der Waals surface area contributed by atoms with Gasteiger partial charge in [-0.2, -0.15) is 0 Å². The number of nitrogens with one attached hydrogen (secondary N) is 1. The van der Waals surface area contributed by atoms with E-state index in [1.807, 2.05) is 6.07 Å². The van der Waals surface area contributed by atoms with Crippen LogP contribution in [0.2, 0.25) is 0 Å². The maximum atomic E-state index is 5.24. The SMILES string of the molecule is CCCNCCC=C(C)Cc1ccc(OC)c(Br)c1. The molecule has 0 fully saturated rings. The second-order valence-corrected chi connectivity index (χ2v) is 5.59. The number of hydrogen-bond acceptors (Lipinski definition) is 2. The van der Waals surface area contributed by atoms with Crippen LogP contribution >= 0.6 is 15.9 Å². The Balaban J connectivity index is 2.45. The van der Waals surface area contributed by atoms with Gasteiger partial charge < -0.3 is 10.1 Å². The zero-order chi connectivity index (χ0) is 14.1. The van der Waals surface area contributed by atoms with Crippen molar-refractivity contribution in [2.24, 2.45) is 0 Å². The van der Waals surface area contributed by atoms with Crippen LogP contribution in [-0.4, -0.2) is 20.2 Å². The highest BCUT2D eigenvalue weighted by atomic mass is 79.9. The molecule has 0 amide bonds. The third kappa shape index (κ3) is 6.26. The van der Waals surface area contributed by atoms with Gasteiger partial charge in [-0.05, 0) is 72.9 Å². The van der Waals surface area contributed by atoms with E-state index in [4.69, 9.17) is 4.74 Å². The van der Waals surface area contributed by atoms with Gasteiger partial charge in [0.1, 0.15) is 5.75 Å². The van der Waals surface area contributed by atoms with Gasteiger partial charge in [0.2, 0.25) is 0 Å². The van der Waals surface area contributed by atoms with Crippen molar-refractivity contribution in [3.05, 3.63) is 39.9 Å². The maximum Gasteiger partial charge on any atom is 0.133 e. The second kappa shape index (κ2) is 9.16. The highest BCUT2D eigenvalue weighted by molar-refractivity contribution is 9.10. The molecule has 0 aromatic heterocycles. The van der Waals surface area contributed by atoms with Crippen molar-refractivity contribution >= 4 is 15.9 Å². The van der Waals surface area contributed by atoms with Crippen molar-refractivity contribution < 1.29 is 4.74 Å². The Morgan fingerprint density at radius 1 is 1.37 bits per heavy atom. The summed E-state index contributed by atoms with van der Waals surface area (Å²) in [4.78, 5) is 0. The summed E-state index contributed by atoms with van der Waals surface area (Å²) >= 11 is 3.52. The van der Waals surface area contributed by atoms with Crippen molar-refractivity contribution in [1.29, 1.82) is 0 Å². The van der Waals surface area contributed by atoms with E-state index >= 15 is 0 Å². The Hall–Kier alpha value is -0.800. The van der Waals surface area contributed by atoms with E-state index in [9.17, 15) is 0 Å². The molecule has 3 heteroatoms. The highest BCUT2D eigenvalue weighted by Crippen LogP contribution is 2.26. The lowest BCUT2D eigenvalue weighted by atomic mass is 10.1. The van der Waals surface area contributed by atoms with Crippen molar-refractivity contribution in [2.75, 3.05) is 20.2 Å². The van der Waals surface area contributed by atoms with Crippen LogP contribution in [0.3, 0.4) is 0 Å². The molecule has 0 heterocycles. The first kappa shape index (κ1) is 16.3. The summed E-state index contributed by atoms with van der Waals surface area (Å²) in [6.45, 7) is 6.56. The summed E-state index contributed by atoms with van der Waals surface area (Å²) in [6, 6.07) is 6.26. The third-order valence-electron chi connectivity index (χ3n) is 2.94. The molecular weight excluding hydrogens is 302 g/mol. The van der Waals surface area contributed by atoms with Gasteiger partial charge in [0.25, 0.3) is 0 Å². The molecule has 0 spiro atoms. The molecule has 106 valence electrons. The van der Waals surface area contributed by atoms with Gasteiger partial charge in [-0.3, -0.25) is 0 Å². The van der Waals surface area contributed by atoms with Crippen molar-refractivity contribution in [3.63, 3.8) is 0 Å². The number of methoxy groups -OCH3 is 1. The van der Waals surface area contributed by atoms with E-state index in [0.29, 0.717) is 0 Å². The number of allylic oxidation sites excluding steroid dienone is 1. The molecular formula is C16H24BrNO. The normalized spacial score (nSPS) is 11.7. The van der Waals surface area contributed by atoms with Crippen molar-refractivity contribution in [3.8, 4) is 5.75 Å². The molecule has 0 atom stereocenters. The number of rotatable bonds is 8. The summed E-state index contributed by atoms with van der Waals surface area (Å²) in [5.41, 5.74) is 2.72. The minimum absolute atomic E-state index is 0.883. The topological polar surface area (TPSA) is 21.3 Å². The van der Waals surface area contributed by atoms with Crippen LogP contribution in [0.1, 0.15) is 32.3 Å². The molecule has 1 N–H and O–H groups in total. The van der Waals surface area contributed by atoms with Gasteiger partial charge in [-0.25, -0.2) is 0 Å². The van der Waals surface area contributed by atoms with Gasteiger partial charge in [0.05, 0.1) is 11.6 Å². The average molecular weight is 326 g/mol. The summed E-state index contributed by atoms with van der Waals surface area (Å²) in [5, 5.41) is 3.41. The number of hydrogen-bond donors (Lipinski definition) is 1. The highest BCUT2D eigenvalue weighted by Gasteiger charge is 2.01. The zero-order valence-corrected chi connectivity index (χ0v) is 13.7. The Kier molecular flexibility index (Phi) is 7.84. The fraction of sp³-hybridized carbons (Fsp3) is 0.500. The van der Waals surface area contributed by atoms with E-state index < -0.39 is 0 Å². The quantitative estimate of drug-likeness (QED) is 0.567. The first-order chi connectivity index (χ1) is 9.17. The van der Waals surface area contributed by atoms with Crippen molar-refractivity contribution in [2.45, 2.75) is 33.1 Å². The van der Waals surface area contributed by atoms with Gasteiger partial charge >= 0.3 is 0 Å². The van der Waals surface area contributed by atoms with Gasteiger partial charge in [-0.1, -0.05) is 24.6 Å². The second-order valence-electron chi connectivity index (χ2n) is 4.73. The van der Waals surface area contributed by atoms with E-state index in [2.05, 4.69) is 53.3 Å². The van der Waals surface area contributed by atoms with Crippen LogP contribution in [0.5, 0.6) is 5.75 Å². The van der Waals surface area contributed by atoms with Crippen LogP contribution in [0.4, 0.5) is 0 Å². The molecule has 0 aliphatic heterocycles. The van der Waals surface area contributed by atoms with Crippen LogP contribution in [0.25, 0.3) is 0 Å². The number of halogens is 1. The molecule has 1 aromatic rings. The average Bonchev–Trinajstić information content (AvgIpc) is 2.39. The summed E-state index contributed by atoms with van der Waals surface area (Å²) in [5.74, 6) is 0.883. The molecule has 0 aliphatic rings. The van der Waals surface area contributed by atoms with Crippen LogP contribution < -0.4 is 10.1 Å². The van der Waals surface area contributed by atoms with Gasteiger partial charge in [0.15, 0.2) is 0 Å². The lowest BCUT2D eigenvalue weighted by Gasteiger charge is -2.07. The first-order valence-electron chi connectivity index (χ1n) is 6.86. The van der Waals surface area contributed by atoms with E-state index in [1.54, 1.807) is 7.11 Å². The molecule has 0 saturated carbocycles. The first-order valence-corrected chi connectivity index (χ1v) is 7.65. The molecule has 0 unspecified atom stereocenters. The Bertz CT molecular complexity index is 415. The predicted octanol–water partition coefficient (Wildman–Crippen LogP) is 4.34. The van der Waals surface area contributed by atoms with Gasteiger partial charge in [-0.15, -0.1) is 0 Å². The van der Waals surface area contributed by atoms with Crippen LogP contribution in [0, 0.1) is 0 Å². The Morgan fingerprint density at radius 2 is 2.16 bits per heavy atom. The summed E-state index contributed by atoms with van der Waals surface area (Å²) in [6.07, 6.45) is 5.61. The smallest absolute Gasteiger partial charge is 0.133 e. The van der Waals surface area contributed by atoms with Crippen molar-refractivity contribution in [1.82, 2.24) is 5.32 Å². The number of ether oxygens (including phenoxy) is 1. The molecule has 0 radical (unpaired) electrons. The molecule has 2 nitrogen and oxygen atoms in total. The fourth-order valence-electron chi connectivity index (χ4n) is 1.94. The lowest BCUT2D eigenvalue weighted by Crippen LogP contribution is -2.15. The Morgan fingerprint density at radius 3 is 2.79 bits per heavy atom. The minimum atomic E-state index is 0.883. The molecule has 1 rings (SSSR count). The summed E-state index contributed by atoms with van der Waals surface area (Å²) < 4.78 is 6.26. The molecule has 0 saturated heterocycles. The zero-order valence-electron chi connectivity index (χ0n) is 12.1. The van der Waals surface area contributed by atoms with E-state index in [1.165, 1.54) is 17.6 Å². The molecule has 1 aromatic carbocycles. The lowest BCUT2D eigenvalue weighted by molar-refractivity contribution is 0.412. The van der Waals surface area contributed by atoms with Gasteiger partial charge in [0, 0.05) is 0 Å². The predicted molar refractivity (Wildman–Crippen MR) is 85.9 cm³/mol. The Labute approximate surface area is 125 Å². The molecule has 19 heavy (non-hydrogen) atoms. The largest absolute Gasteiger partial charge is 0.496 e. The van der Waals surface area contributed by atoms with Crippen LogP contribution in [-0.2, 0) is 6.42 Å². The third-order valence-corrected chi connectivity index (χ3v) is 3.56. The summed E-state index contributed by atoms with van der Waals surface area (Å²) in [7, 11) is 1.69. The monoisotopic (exact) mass is 325 g/mol. The molecule has 0 aliphatic carbocycles. The number of benzene rings is 1.